The quantitative estimate of drug-likeness (QED) is 0.176. The summed E-state index contributed by atoms with van der Waals surface area (Å²) in [7, 11) is 0. The smallest absolute Gasteiger partial charge is 0.160 e. The van der Waals surface area contributed by atoms with Gasteiger partial charge < -0.3 is 4.42 Å². The average Bonchev–Trinajstić information content (AvgIpc) is 3.69. The molecule has 2 N–H and O–H groups in total. The molecule has 0 spiro atoms. The highest BCUT2D eigenvalue weighted by atomic mass is 16.3. The Hall–Kier alpha value is -8.09. The summed E-state index contributed by atoms with van der Waals surface area (Å²) in [6, 6.07) is 61.1. The van der Waals surface area contributed by atoms with Crippen molar-refractivity contribution >= 4 is 55.9 Å². The van der Waals surface area contributed by atoms with E-state index in [0.717, 1.165) is 100.0 Å². The molecule has 0 saturated heterocycles. The molecule has 0 radical (unpaired) electrons. The topological polar surface area (TPSA) is 99.5 Å². The predicted octanol–water partition coefficient (Wildman–Crippen LogP) is 13.2. The summed E-state index contributed by atoms with van der Waals surface area (Å²) < 4.78 is 6.35. The van der Waals surface area contributed by atoms with E-state index in [1.807, 2.05) is 140 Å². The summed E-state index contributed by atoms with van der Waals surface area (Å²) in [5.74, 6) is 0.633. The van der Waals surface area contributed by atoms with E-state index in [2.05, 4.69) is 48.5 Å². The van der Waals surface area contributed by atoms with Crippen molar-refractivity contribution in [3.05, 3.63) is 199 Å². The molecule has 3 heterocycles. The summed E-state index contributed by atoms with van der Waals surface area (Å²) in [6.07, 6.45) is 2.03. The normalized spacial score (nSPS) is 12.6. The highest BCUT2D eigenvalue weighted by molar-refractivity contribution is 6.64. The molecule has 0 aliphatic heterocycles. The molecule has 11 rings (SSSR count). The number of nitrogens with one attached hydrogen (secondary N) is 2. The average molecular weight is 756 g/mol. The van der Waals surface area contributed by atoms with Crippen LogP contribution in [0.2, 0.25) is 0 Å². The van der Waals surface area contributed by atoms with Crippen LogP contribution < -0.4 is 0 Å². The van der Waals surface area contributed by atoms with Crippen LogP contribution in [0.25, 0.3) is 101 Å². The van der Waals surface area contributed by atoms with Crippen LogP contribution in [0.5, 0.6) is 0 Å². The fraction of sp³-hybridized carbons (Fsp3) is 0. The standard InChI is InChI=1S/C53H33N5O/c54-49-42(30-43-48(50(49)55)41-17-7-9-20-44(41)56-51(43)36-12-3-1-4-13-36)33-24-28-35(29-25-33)46-31-45(57-53(58-46)37-14-5-2-6-15-37)34-26-22-32(23-27-34)38-18-11-19-40-39-16-8-10-21-47(39)59-52(38)40/h1-31,54-55H. The zero-order chi connectivity index (χ0) is 39.5. The zero-order valence-electron chi connectivity index (χ0n) is 31.6. The van der Waals surface area contributed by atoms with Gasteiger partial charge in [-0.15, -0.1) is 0 Å². The first kappa shape index (κ1) is 34.2. The summed E-state index contributed by atoms with van der Waals surface area (Å²) in [5, 5.41) is 21.6. The Bertz CT molecular complexity index is 3330. The summed E-state index contributed by atoms with van der Waals surface area (Å²) >= 11 is 0. The van der Waals surface area contributed by atoms with Gasteiger partial charge in [0.1, 0.15) is 11.2 Å². The molecule has 10 aromatic rings. The Balaban J connectivity index is 0.981. The number of allylic oxidation sites excluding steroid dienone is 1. The highest BCUT2D eigenvalue weighted by Crippen LogP contribution is 2.39. The van der Waals surface area contributed by atoms with Crippen molar-refractivity contribution in [1.82, 2.24) is 15.0 Å². The third kappa shape index (κ3) is 5.85. The van der Waals surface area contributed by atoms with Gasteiger partial charge in [-0.25, -0.2) is 15.0 Å². The fourth-order valence-corrected chi connectivity index (χ4v) is 8.23. The van der Waals surface area contributed by atoms with Gasteiger partial charge in [-0.1, -0.05) is 164 Å². The van der Waals surface area contributed by atoms with Crippen LogP contribution >= 0.6 is 0 Å². The number of benzene rings is 7. The van der Waals surface area contributed by atoms with Gasteiger partial charge in [-0.2, -0.15) is 0 Å². The summed E-state index contributed by atoms with van der Waals surface area (Å²) in [5.41, 5.74) is 14.3. The Morgan fingerprint density at radius 2 is 1.00 bits per heavy atom. The van der Waals surface area contributed by atoms with E-state index in [9.17, 15) is 10.8 Å². The van der Waals surface area contributed by atoms with E-state index in [4.69, 9.17) is 19.4 Å². The Kier molecular flexibility index (Phi) is 8.01. The Labute approximate surface area is 339 Å². The van der Waals surface area contributed by atoms with Gasteiger partial charge in [-0.3, -0.25) is 10.8 Å². The SMILES string of the molecule is N=C1C(=N)c2c(c(-c3ccccc3)nc3ccccc23)C=C1c1ccc(-c2cc(-c3ccc(-c4cccc5c4oc4ccccc45)cc3)nc(-c3ccccc3)n2)cc1. The van der Waals surface area contributed by atoms with Gasteiger partial charge in [0.2, 0.25) is 0 Å². The van der Waals surface area contributed by atoms with Crippen molar-refractivity contribution in [2.24, 2.45) is 0 Å². The second kappa shape index (κ2) is 13.8. The molecular formula is C53H33N5O. The molecule has 276 valence electrons. The van der Waals surface area contributed by atoms with Gasteiger partial charge in [0.15, 0.2) is 5.82 Å². The summed E-state index contributed by atoms with van der Waals surface area (Å²) in [6.45, 7) is 0. The number of para-hydroxylation sites is 3. The van der Waals surface area contributed by atoms with Gasteiger partial charge in [0, 0.05) is 60.7 Å². The van der Waals surface area contributed by atoms with E-state index >= 15 is 0 Å². The molecule has 0 fully saturated rings. The van der Waals surface area contributed by atoms with Gasteiger partial charge in [-0.05, 0) is 35.4 Å². The Morgan fingerprint density at radius 1 is 0.424 bits per heavy atom. The van der Waals surface area contributed by atoms with Crippen LogP contribution in [-0.4, -0.2) is 26.4 Å². The van der Waals surface area contributed by atoms with Crippen LogP contribution in [0.3, 0.4) is 0 Å². The minimum Gasteiger partial charge on any atom is -0.455 e. The van der Waals surface area contributed by atoms with Crippen LogP contribution in [0, 0.1) is 10.8 Å². The fourth-order valence-electron chi connectivity index (χ4n) is 8.23. The number of rotatable bonds is 6. The summed E-state index contributed by atoms with van der Waals surface area (Å²) in [4.78, 5) is 15.2. The van der Waals surface area contributed by atoms with E-state index in [1.54, 1.807) is 0 Å². The molecule has 0 bridgehead atoms. The lowest BCUT2D eigenvalue weighted by atomic mass is 9.82. The number of hydrogen-bond donors (Lipinski definition) is 2. The van der Waals surface area contributed by atoms with E-state index in [-0.39, 0.29) is 11.4 Å². The second-order valence-electron chi connectivity index (χ2n) is 14.7. The lowest BCUT2D eigenvalue weighted by molar-refractivity contribution is 0.670. The molecule has 3 aromatic heterocycles. The van der Waals surface area contributed by atoms with Gasteiger partial charge >= 0.3 is 0 Å². The number of pyridine rings is 1. The first-order valence-corrected chi connectivity index (χ1v) is 19.5. The third-order valence-corrected chi connectivity index (χ3v) is 11.2. The van der Waals surface area contributed by atoms with Crippen molar-refractivity contribution in [3.63, 3.8) is 0 Å². The van der Waals surface area contributed by atoms with E-state index < -0.39 is 0 Å². The Morgan fingerprint density at radius 3 is 1.71 bits per heavy atom. The van der Waals surface area contributed by atoms with Crippen molar-refractivity contribution in [1.29, 1.82) is 10.8 Å². The van der Waals surface area contributed by atoms with Crippen LogP contribution in [0.1, 0.15) is 16.7 Å². The maximum Gasteiger partial charge on any atom is 0.160 e. The van der Waals surface area contributed by atoms with E-state index in [1.165, 1.54) is 0 Å². The highest BCUT2D eigenvalue weighted by Gasteiger charge is 2.28. The number of nitrogens with zero attached hydrogens (tertiary/aromatic N) is 3. The molecule has 0 amide bonds. The van der Waals surface area contributed by atoms with Gasteiger partial charge in [0.25, 0.3) is 0 Å². The lowest BCUT2D eigenvalue weighted by Gasteiger charge is -2.23. The van der Waals surface area contributed by atoms with Crippen LogP contribution in [-0.2, 0) is 0 Å². The number of fused-ring (bicyclic) bond motifs is 6. The second-order valence-corrected chi connectivity index (χ2v) is 14.7. The number of hydrogen-bond acceptors (Lipinski definition) is 6. The maximum absolute atomic E-state index is 9.29. The first-order chi connectivity index (χ1) is 29.1. The zero-order valence-corrected chi connectivity index (χ0v) is 31.6. The molecule has 0 saturated carbocycles. The minimum absolute atomic E-state index is 0.177. The monoisotopic (exact) mass is 755 g/mol. The maximum atomic E-state index is 9.29. The van der Waals surface area contributed by atoms with Crippen molar-refractivity contribution in [3.8, 4) is 56.3 Å². The molecule has 6 nitrogen and oxygen atoms in total. The van der Waals surface area contributed by atoms with Crippen molar-refractivity contribution in [2.45, 2.75) is 0 Å². The predicted molar refractivity (Wildman–Crippen MR) is 241 cm³/mol. The molecule has 1 aliphatic carbocycles. The molecule has 59 heavy (non-hydrogen) atoms. The molecule has 1 aliphatic rings. The van der Waals surface area contributed by atoms with Crippen molar-refractivity contribution < 1.29 is 4.42 Å². The minimum atomic E-state index is 0.177. The largest absolute Gasteiger partial charge is 0.455 e. The molecular weight excluding hydrogens is 723 g/mol. The number of furan rings is 1. The van der Waals surface area contributed by atoms with Crippen molar-refractivity contribution in [2.75, 3.05) is 0 Å². The molecule has 0 unspecified atom stereocenters. The lowest BCUT2D eigenvalue weighted by Crippen LogP contribution is -2.21. The van der Waals surface area contributed by atoms with E-state index in [0.29, 0.717) is 11.4 Å². The molecule has 0 atom stereocenters. The van der Waals surface area contributed by atoms with Crippen LogP contribution in [0.15, 0.2) is 186 Å². The van der Waals surface area contributed by atoms with Gasteiger partial charge in [0.05, 0.1) is 34.0 Å². The number of aromatic nitrogens is 3. The third-order valence-electron chi connectivity index (χ3n) is 11.2. The van der Waals surface area contributed by atoms with Crippen LogP contribution in [0.4, 0.5) is 0 Å². The molecule has 7 aromatic carbocycles. The first-order valence-electron chi connectivity index (χ1n) is 19.5. The molecule has 6 heteroatoms.